The van der Waals surface area contributed by atoms with Gasteiger partial charge in [0.2, 0.25) is 17.7 Å². The first-order chi connectivity index (χ1) is 14.9. The highest BCUT2D eigenvalue weighted by Crippen LogP contribution is 2.30. The number of nitrogens with zero attached hydrogens (tertiary/aromatic N) is 6. The predicted octanol–water partition coefficient (Wildman–Crippen LogP) is 4.60. The molecule has 0 spiro atoms. The fourth-order valence-corrected chi connectivity index (χ4v) is 4.38. The molecule has 0 amide bonds. The Morgan fingerprint density at radius 2 is 1.53 bits per heavy atom. The van der Waals surface area contributed by atoms with Crippen molar-refractivity contribution in [2.75, 3.05) is 18.0 Å². The normalized spacial score (nSPS) is 14.2. The fourth-order valence-electron chi connectivity index (χ4n) is 3.59. The van der Waals surface area contributed by atoms with Crippen LogP contribution in [0.3, 0.4) is 0 Å². The van der Waals surface area contributed by atoms with E-state index in [-0.39, 0.29) is 0 Å². The molecule has 1 aliphatic rings. The molecule has 4 aromatic rings. The third-order valence-corrected chi connectivity index (χ3v) is 6.00. The molecule has 0 N–H and O–H groups in total. The van der Waals surface area contributed by atoms with E-state index in [9.17, 15) is 0 Å². The van der Waals surface area contributed by atoms with Crippen LogP contribution in [0.5, 0.6) is 0 Å². The Balaban J connectivity index is 1.39. The van der Waals surface area contributed by atoms with Gasteiger partial charge in [0.25, 0.3) is 0 Å². The molecule has 0 radical (unpaired) electrons. The number of thioether (sulfide) groups is 1. The lowest BCUT2D eigenvalue weighted by Crippen LogP contribution is -2.31. The first-order valence-corrected chi connectivity index (χ1v) is 11.1. The Morgan fingerprint density at radius 3 is 2.30 bits per heavy atom. The first-order valence-electron chi connectivity index (χ1n) is 10.1. The van der Waals surface area contributed by atoms with Crippen LogP contribution in [0, 0.1) is 0 Å². The molecule has 1 aliphatic heterocycles. The minimum absolute atomic E-state index is 0.532. The van der Waals surface area contributed by atoms with Crippen molar-refractivity contribution in [3.8, 4) is 17.1 Å². The topological polar surface area (TPSA) is 72.9 Å². The van der Waals surface area contributed by atoms with Gasteiger partial charge < -0.3 is 9.32 Å². The Labute approximate surface area is 179 Å². The van der Waals surface area contributed by atoms with Gasteiger partial charge >= 0.3 is 0 Å². The van der Waals surface area contributed by atoms with Gasteiger partial charge in [-0.1, -0.05) is 48.2 Å². The highest BCUT2D eigenvalue weighted by Gasteiger charge is 2.22. The number of rotatable bonds is 6. The van der Waals surface area contributed by atoms with Crippen molar-refractivity contribution >= 4 is 17.7 Å². The van der Waals surface area contributed by atoms with Crippen LogP contribution < -0.4 is 4.90 Å². The summed E-state index contributed by atoms with van der Waals surface area (Å²) in [5, 5.41) is 18.2. The Bertz CT molecular complexity index is 1090. The van der Waals surface area contributed by atoms with Crippen LogP contribution in [0.25, 0.3) is 17.1 Å². The summed E-state index contributed by atoms with van der Waals surface area (Å²) >= 11 is 1.55. The zero-order chi connectivity index (χ0) is 20.2. The molecule has 3 heterocycles. The van der Waals surface area contributed by atoms with Gasteiger partial charge in [-0.15, -0.1) is 20.4 Å². The van der Waals surface area contributed by atoms with E-state index in [2.05, 4.69) is 42.0 Å². The van der Waals surface area contributed by atoms with Gasteiger partial charge in [-0.25, -0.2) is 0 Å². The molecule has 8 heteroatoms. The lowest BCUT2D eigenvalue weighted by Gasteiger charge is -2.27. The molecule has 2 aromatic carbocycles. The van der Waals surface area contributed by atoms with Gasteiger partial charge in [0.1, 0.15) is 0 Å². The Hall–Kier alpha value is -3.13. The van der Waals surface area contributed by atoms with Crippen molar-refractivity contribution in [1.82, 2.24) is 25.0 Å². The quantitative estimate of drug-likeness (QED) is 0.424. The van der Waals surface area contributed by atoms with E-state index in [4.69, 9.17) is 4.42 Å². The number of aromatic nitrogens is 5. The van der Waals surface area contributed by atoms with E-state index in [0.717, 1.165) is 35.4 Å². The minimum Gasteiger partial charge on any atom is -0.420 e. The van der Waals surface area contributed by atoms with Crippen LogP contribution in [0.4, 0.5) is 5.95 Å². The number of para-hydroxylation sites is 1. The SMILES string of the molecule is c1ccc(-c2nnc(CSc3nnc(N4CCCCC4)n3-c3ccccc3)o2)cc1. The van der Waals surface area contributed by atoms with Crippen molar-refractivity contribution in [3.63, 3.8) is 0 Å². The Morgan fingerprint density at radius 1 is 0.800 bits per heavy atom. The van der Waals surface area contributed by atoms with E-state index in [1.165, 1.54) is 19.3 Å². The van der Waals surface area contributed by atoms with E-state index < -0.39 is 0 Å². The summed E-state index contributed by atoms with van der Waals surface area (Å²) in [6.45, 7) is 2.03. The van der Waals surface area contributed by atoms with Crippen LogP contribution in [-0.2, 0) is 5.75 Å². The summed E-state index contributed by atoms with van der Waals surface area (Å²) < 4.78 is 7.98. The Kier molecular flexibility index (Phi) is 5.48. The second kappa shape index (κ2) is 8.71. The summed E-state index contributed by atoms with van der Waals surface area (Å²) in [5.41, 5.74) is 1.97. The van der Waals surface area contributed by atoms with Gasteiger partial charge in [-0.05, 0) is 43.5 Å². The predicted molar refractivity (Wildman–Crippen MR) is 117 cm³/mol. The largest absolute Gasteiger partial charge is 0.420 e. The summed E-state index contributed by atoms with van der Waals surface area (Å²) in [4.78, 5) is 2.33. The van der Waals surface area contributed by atoms with Crippen molar-refractivity contribution in [3.05, 3.63) is 66.6 Å². The first kappa shape index (κ1) is 18.9. The third kappa shape index (κ3) is 3.95. The van der Waals surface area contributed by atoms with Gasteiger partial charge in [0.15, 0.2) is 5.16 Å². The van der Waals surface area contributed by atoms with Gasteiger partial charge in [0.05, 0.1) is 11.4 Å². The molecule has 152 valence electrons. The highest BCUT2D eigenvalue weighted by atomic mass is 32.2. The molecule has 2 aromatic heterocycles. The van der Waals surface area contributed by atoms with Crippen LogP contribution in [0.1, 0.15) is 25.2 Å². The minimum atomic E-state index is 0.532. The van der Waals surface area contributed by atoms with Crippen molar-refractivity contribution in [2.24, 2.45) is 0 Å². The molecule has 0 aliphatic carbocycles. The number of piperidine rings is 1. The molecule has 0 atom stereocenters. The van der Waals surface area contributed by atoms with Crippen LogP contribution >= 0.6 is 11.8 Å². The van der Waals surface area contributed by atoms with Gasteiger partial charge in [-0.3, -0.25) is 4.57 Å². The average molecular weight is 419 g/mol. The molecular weight excluding hydrogens is 396 g/mol. The van der Waals surface area contributed by atoms with Crippen LogP contribution in [0.15, 0.2) is 70.2 Å². The molecule has 0 bridgehead atoms. The average Bonchev–Trinajstić information content (AvgIpc) is 3.47. The molecule has 0 saturated carbocycles. The maximum atomic E-state index is 5.85. The van der Waals surface area contributed by atoms with E-state index >= 15 is 0 Å². The van der Waals surface area contributed by atoms with Gasteiger partial charge in [-0.2, -0.15) is 0 Å². The summed E-state index contributed by atoms with van der Waals surface area (Å²) in [7, 11) is 0. The second-order valence-corrected chi connectivity index (χ2v) is 8.10. The standard InChI is InChI=1S/C22H22N6OS/c1-4-10-17(11-5-1)20-24-23-19(29-20)16-30-22-26-25-21(27-14-8-3-9-15-27)28(22)18-12-6-2-7-13-18/h1-2,4-7,10-13H,3,8-9,14-16H2. The molecule has 5 rings (SSSR count). The number of hydrogen-bond acceptors (Lipinski definition) is 7. The van der Waals surface area contributed by atoms with Crippen LogP contribution in [0.2, 0.25) is 0 Å². The molecular formula is C22H22N6OS. The molecule has 0 unspecified atom stereocenters. The van der Waals surface area contributed by atoms with E-state index in [0.29, 0.717) is 17.5 Å². The monoisotopic (exact) mass is 418 g/mol. The highest BCUT2D eigenvalue weighted by molar-refractivity contribution is 7.98. The maximum Gasteiger partial charge on any atom is 0.247 e. The zero-order valence-corrected chi connectivity index (χ0v) is 17.3. The van der Waals surface area contributed by atoms with Crippen molar-refractivity contribution in [2.45, 2.75) is 30.2 Å². The number of benzene rings is 2. The van der Waals surface area contributed by atoms with Crippen molar-refractivity contribution < 1.29 is 4.42 Å². The summed E-state index contributed by atoms with van der Waals surface area (Å²) in [6, 6.07) is 20.1. The van der Waals surface area contributed by atoms with Crippen LogP contribution in [-0.4, -0.2) is 38.1 Å². The van der Waals surface area contributed by atoms with Gasteiger partial charge in [0, 0.05) is 18.7 Å². The van der Waals surface area contributed by atoms with Crippen molar-refractivity contribution in [1.29, 1.82) is 0 Å². The summed E-state index contributed by atoms with van der Waals surface area (Å²) in [5.74, 6) is 2.54. The number of anilines is 1. The third-order valence-electron chi connectivity index (χ3n) is 5.08. The fraction of sp³-hybridized carbons (Fsp3) is 0.273. The van der Waals surface area contributed by atoms with E-state index in [1.54, 1.807) is 11.8 Å². The number of hydrogen-bond donors (Lipinski definition) is 0. The molecule has 30 heavy (non-hydrogen) atoms. The summed E-state index contributed by atoms with van der Waals surface area (Å²) in [6.07, 6.45) is 3.65. The second-order valence-electron chi connectivity index (χ2n) is 7.16. The molecule has 1 fully saturated rings. The molecule has 1 saturated heterocycles. The lowest BCUT2D eigenvalue weighted by atomic mass is 10.1. The maximum absolute atomic E-state index is 5.85. The van der Waals surface area contributed by atoms with E-state index in [1.807, 2.05) is 48.5 Å². The zero-order valence-electron chi connectivity index (χ0n) is 16.5. The molecule has 7 nitrogen and oxygen atoms in total. The smallest absolute Gasteiger partial charge is 0.247 e. The lowest BCUT2D eigenvalue weighted by molar-refractivity contribution is 0.528.